The van der Waals surface area contributed by atoms with Crippen molar-refractivity contribution in [2.24, 2.45) is 0 Å². The number of hydrogen-bond donors (Lipinski definition) is 2. The van der Waals surface area contributed by atoms with Crippen LogP contribution in [0.4, 0.5) is 30.4 Å². The molecule has 12 heteroatoms. The third kappa shape index (κ3) is 5.37. The van der Waals surface area contributed by atoms with E-state index in [9.17, 15) is 18.0 Å². The molecule has 1 amide bonds. The Hall–Kier alpha value is -3.83. The number of nitrogens with one attached hydrogen (secondary N) is 2. The monoisotopic (exact) mass is 505 g/mol. The molecule has 0 spiro atoms. The number of pyridine rings is 2. The van der Waals surface area contributed by atoms with Gasteiger partial charge in [0.1, 0.15) is 17.4 Å². The maximum absolute atomic E-state index is 13.3. The third-order valence-electron chi connectivity index (χ3n) is 5.88. The molecule has 4 heterocycles. The van der Waals surface area contributed by atoms with Crippen molar-refractivity contribution >= 4 is 23.1 Å². The van der Waals surface area contributed by atoms with Gasteiger partial charge in [-0.3, -0.25) is 9.48 Å². The molecular weight excluding hydrogens is 475 g/mol. The lowest BCUT2D eigenvalue weighted by Gasteiger charge is -2.35. The number of amides is 1. The number of ether oxygens (including phenoxy) is 1. The lowest BCUT2D eigenvalue weighted by Crippen LogP contribution is -2.45. The van der Waals surface area contributed by atoms with Crippen LogP contribution in [-0.4, -0.2) is 45.9 Å². The molecule has 0 radical (unpaired) electrons. The van der Waals surface area contributed by atoms with Gasteiger partial charge in [0.05, 0.1) is 36.9 Å². The van der Waals surface area contributed by atoms with Crippen molar-refractivity contribution in [2.75, 3.05) is 29.7 Å². The van der Waals surface area contributed by atoms with Gasteiger partial charge in [0, 0.05) is 37.6 Å². The second-order valence-electron chi connectivity index (χ2n) is 8.31. The SMILES string of the molecule is C.CC[C@H]1C(=O)Nc2c(cc(NCc3cnn(Cc4cnc(OC)c(C(F)(F)F)c4)c3)nc2C)N1C. The van der Waals surface area contributed by atoms with Crippen LogP contribution in [0.5, 0.6) is 5.88 Å². The van der Waals surface area contributed by atoms with Crippen LogP contribution in [0.2, 0.25) is 0 Å². The van der Waals surface area contributed by atoms with Gasteiger partial charge in [-0.05, 0) is 25.0 Å². The van der Waals surface area contributed by atoms with Gasteiger partial charge in [0.2, 0.25) is 11.8 Å². The first kappa shape index (κ1) is 26.8. The van der Waals surface area contributed by atoms with Crippen LogP contribution in [0.25, 0.3) is 0 Å². The smallest absolute Gasteiger partial charge is 0.421 e. The quantitative estimate of drug-likeness (QED) is 0.489. The molecular formula is C24H30F3N7O2. The van der Waals surface area contributed by atoms with Gasteiger partial charge >= 0.3 is 6.18 Å². The summed E-state index contributed by atoms with van der Waals surface area (Å²) in [5.74, 6) is 0.130. The molecule has 0 aliphatic carbocycles. The van der Waals surface area contributed by atoms with Gasteiger partial charge in [-0.1, -0.05) is 14.4 Å². The molecule has 1 aliphatic heterocycles. The molecule has 0 saturated carbocycles. The van der Waals surface area contributed by atoms with E-state index in [1.165, 1.54) is 6.20 Å². The number of fused-ring (bicyclic) bond motifs is 1. The summed E-state index contributed by atoms with van der Waals surface area (Å²) in [5.41, 5.74) is 2.53. The molecule has 3 aromatic rings. The van der Waals surface area contributed by atoms with E-state index < -0.39 is 17.6 Å². The lowest BCUT2D eigenvalue weighted by molar-refractivity contribution is -0.139. The average Bonchev–Trinajstić information content (AvgIpc) is 3.25. The standard InChI is InChI=1S/C23H26F3N7O2.CH4/c1-5-17-21(34)31-20-13(2)30-19(7-18(20)32(17)3)27-9-15-10-29-33(12-15)11-14-6-16(23(24,25)26)22(35-4)28-8-14;/h6-8,10,12,17H,5,9,11H2,1-4H3,(H,27,30)(H,31,34);1H4/t17-;/m0./s1. The molecule has 0 fully saturated rings. The number of halogens is 3. The van der Waals surface area contributed by atoms with Crippen molar-refractivity contribution < 1.29 is 22.7 Å². The number of nitrogens with zero attached hydrogens (tertiary/aromatic N) is 5. The summed E-state index contributed by atoms with van der Waals surface area (Å²) >= 11 is 0. The van der Waals surface area contributed by atoms with Crippen LogP contribution in [0, 0.1) is 6.92 Å². The van der Waals surface area contributed by atoms with E-state index in [1.807, 2.05) is 31.9 Å². The summed E-state index contributed by atoms with van der Waals surface area (Å²) in [6.45, 7) is 4.33. The van der Waals surface area contributed by atoms with Crippen molar-refractivity contribution in [3.63, 3.8) is 0 Å². The number of alkyl halides is 3. The van der Waals surface area contributed by atoms with Crippen LogP contribution in [0.15, 0.2) is 30.7 Å². The largest absolute Gasteiger partial charge is 0.481 e. The Morgan fingerprint density at radius 2 is 1.97 bits per heavy atom. The Balaban J connectivity index is 0.00000361. The fourth-order valence-corrected chi connectivity index (χ4v) is 4.10. The van der Waals surface area contributed by atoms with E-state index in [4.69, 9.17) is 4.74 Å². The number of aryl methyl sites for hydroxylation is 1. The summed E-state index contributed by atoms with van der Waals surface area (Å²) in [7, 11) is 3.04. The lowest BCUT2D eigenvalue weighted by atomic mass is 10.1. The predicted molar refractivity (Wildman–Crippen MR) is 131 cm³/mol. The first-order chi connectivity index (χ1) is 16.6. The highest BCUT2D eigenvalue weighted by atomic mass is 19.4. The molecule has 9 nitrogen and oxygen atoms in total. The summed E-state index contributed by atoms with van der Waals surface area (Å²) in [4.78, 5) is 22.6. The number of hydrogen-bond acceptors (Lipinski definition) is 7. The van der Waals surface area contributed by atoms with Gasteiger partial charge in [0.15, 0.2) is 0 Å². The molecule has 0 bridgehead atoms. The van der Waals surface area contributed by atoms with Crippen molar-refractivity contribution in [3.05, 3.63) is 53.1 Å². The molecule has 0 unspecified atom stereocenters. The van der Waals surface area contributed by atoms with E-state index in [1.54, 1.807) is 17.1 Å². The Bertz CT molecular complexity index is 1240. The molecule has 1 atom stereocenters. The fraction of sp³-hybridized carbons (Fsp3) is 0.417. The summed E-state index contributed by atoms with van der Waals surface area (Å²) in [6.07, 6.45) is 0.835. The molecule has 1 aliphatic rings. The Labute approximate surface area is 207 Å². The van der Waals surface area contributed by atoms with Crippen LogP contribution in [-0.2, 0) is 24.1 Å². The number of methoxy groups -OCH3 is 1. The Morgan fingerprint density at radius 1 is 1.22 bits per heavy atom. The molecule has 0 aromatic carbocycles. The zero-order valence-corrected chi connectivity index (χ0v) is 19.8. The van der Waals surface area contributed by atoms with Gasteiger partial charge in [0.25, 0.3) is 0 Å². The average molecular weight is 506 g/mol. The van der Waals surface area contributed by atoms with E-state index in [-0.39, 0.29) is 25.9 Å². The molecule has 4 rings (SSSR count). The summed E-state index contributed by atoms with van der Waals surface area (Å²) in [5, 5.41) is 10.4. The van der Waals surface area contributed by atoms with Crippen LogP contribution >= 0.6 is 0 Å². The van der Waals surface area contributed by atoms with Gasteiger partial charge in [-0.25, -0.2) is 9.97 Å². The normalized spacial score (nSPS) is 15.1. The second-order valence-corrected chi connectivity index (χ2v) is 8.31. The highest BCUT2D eigenvalue weighted by Crippen LogP contribution is 2.36. The van der Waals surface area contributed by atoms with Crippen molar-refractivity contribution in [1.29, 1.82) is 0 Å². The van der Waals surface area contributed by atoms with Gasteiger partial charge < -0.3 is 20.3 Å². The molecule has 194 valence electrons. The molecule has 0 saturated heterocycles. The fourth-order valence-electron chi connectivity index (χ4n) is 4.10. The first-order valence-corrected chi connectivity index (χ1v) is 11.0. The van der Waals surface area contributed by atoms with E-state index in [0.29, 0.717) is 35.7 Å². The van der Waals surface area contributed by atoms with E-state index in [2.05, 4.69) is 25.7 Å². The zero-order valence-electron chi connectivity index (χ0n) is 19.8. The minimum Gasteiger partial charge on any atom is -0.481 e. The summed E-state index contributed by atoms with van der Waals surface area (Å²) < 4.78 is 46.0. The van der Waals surface area contributed by atoms with Crippen molar-refractivity contribution in [3.8, 4) is 5.88 Å². The van der Waals surface area contributed by atoms with E-state index >= 15 is 0 Å². The number of carbonyl (C=O) groups excluding carboxylic acids is 1. The predicted octanol–water partition coefficient (Wildman–Crippen LogP) is 4.47. The van der Waals surface area contributed by atoms with Crippen LogP contribution < -0.4 is 20.3 Å². The minimum absolute atomic E-state index is 0. The second kappa shape index (κ2) is 10.4. The topological polar surface area (TPSA) is 97.2 Å². The maximum atomic E-state index is 13.3. The summed E-state index contributed by atoms with van der Waals surface area (Å²) in [6, 6.07) is 2.65. The first-order valence-electron chi connectivity index (χ1n) is 11.0. The van der Waals surface area contributed by atoms with Gasteiger partial charge in [-0.15, -0.1) is 0 Å². The van der Waals surface area contributed by atoms with Crippen molar-refractivity contribution in [2.45, 2.75) is 53.0 Å². The zero-order chi connectivity index (χ0) is 25.3. The third-order valence-corrected chi connectivity index (χ3v) is 5.88. The van der Waals surface area contributed by atoms with Gasteiger partial charge in [-0.2, -0.15) is 18.3 Å². The highest BCUT2D eigenvalue weighted by molar-refractivity contribution is 6.04. The number of aromatic nitrogens is 4. The van der Waals surface area contributed by atoms with Crippen LogP contribution in [0.1, 0.15) is 43.2 Å². The highest BCUT2D eigenvalue weighted by Gasteiger charge is 2.35. The number of anilines is 3. The number of rotatable bonds is 7. The molecule has 36 heavy (non-hydrogen) atoms. The Kier molecular flexibility index (Phi) is 7.75. The number of carbonyl (C=O) groups is 1. The van der Waals surface area contributed by atoms with Crippen molar-refractivity contribution in [1.82, 2.24) is 19.7 Å². The number of likely N-dealkylation sites (N-methyl/N-ethyl adjacent to an activating group) is 1. The maximum Gasteiger partial charge on any atom is 0.421 e. The Morgan fingerprint density at radius 3 is 2.64 bits per heavy atom. The molecule has 3 aromatic heterocycles. The minimum atomic E-state index is -4.57. The van der Waals surface area contributed by atoms with E-state index in [0.717, 1.165) is 24.4 Å². The van der Waals surface area contributed by atoms with Crippen LogP contribution in [0.3, 0.4) is 0 Å². The molecule has 2 N–H and O–H groups in total.